The molecule has 1 aliphatic rings. The molecule has 0 aromatic rings. The van der Waals surface area contributed by atoms with Crippen molar-refractivity contribution in [3.05, 3.63) is 0 Å². The van der Waals surface area contributed by atoms with E-state index in [1.807, 2.05) is 0 Å². The van der Waals surface area contributed by atoms with Crippen LogP contribution in [0, 0.1) is 23.7 Å². The van der Waals surface area contributed by atoms with Crippen LogP contribution in [-0.4, -0.2) is 16.1 Å². The Labute approximate surface area is 74.9 Å². The van der Waals surface area contributed by atoms with Crippen LogP contribution in [0.5, 0.6) is 0 Å². The van der Waals surface area contributed by atoms with Gasteiger partial charge in [0.15, 0.2) is 0 Å². The molecule has 0 spiro atoms. The van der Waals surface area contributed by atoms with E-state index in [0.29, 0.717) is 0 Å². The highest BCUT2D eigenvalue weighted by Gasteiger charge is 2.39. The van der Waals surface area contributed by atoms with Crippen molar-refractivity contribution in [1.29, 1.82) is 0 Å². The number of hydrogen-bond donors (Lipinski definition) is 0. The molecule has 1 saturated heterocycles. The average Bonchev–Trinajstić information content (AvgIpc) is 1.85. The van der Waals surface area contributed by atoms with E-state index < -0.39 is 10.2 Å². The van der Waals surface area contributed by atoms with E-state index in [0.717, 1.165) is 11.5 Å². The molecule has 1 nitrogen and oxygen atoms in total. The number of hydrogen-bond acceptors (Lipinski definition) is 2. The summed E-state index contributed by atoms with van der Waals surface area (Å²) >= 11 is 0. The summed E-state index contributed by atoms with van der Waals surface area (Å²) in [5, 5.41) is 0. The van der Waals surface area contributed by atoms with Gasteiger partial charge in [0.05, 0.1) is 16.5 Å². The average molecular weight is 188 g/mol. The van der Waals surface area contributed by atoms with Gasteiger partial charge in [-0.25, -0.2) is 0 Å². The molecule has 1 rings (SSSR count). The fourth-order valence-corrected chi connectivity index (χ4v) is 4.84. The number of terminal acetylenes is 1. The van der Waals surface area contributed by atoms with Crippen LogP contribution in [0.25, 0.3) is 0 Å². The van der Waals surface area contributed by atoms with Gasteiger partial charge in [0.2, 0.25) is 0 Å². The lowest BCUT2D eigenvalue weighted by molar-refractivity contribution is 0.329. The van der Waals surface area contributed by atoms with Crippen molar-refractivity contribution in [3.8, 4) is 12.3 Å². The first-order valence-corrected chi connectivity index (χ1v) is 6.36. The van der Waals surface area contributed by atoms with E-state index in [9.17, 15) is 4.55 Å². The fourth-order valence-electron chi connectivity index (χ4n) is 1.09. The minimum absolute atomic E-state index is 0.0604. The first kappa shape index (κ1) is 9.31. The summed E-state index contributed by atoms with van der Waals surface area (Å²) < 4.78 is 11.1. The highest BCUT2D eigenvalue weighted by Crippen LogP contribution is 2.39. The topological polar surface area (TPSA) is 23.1 Å². The maximum atomic E-state index is 11.1. The molecule has 0 amide bonds. The third kappa shape index (κ3) is 2.08. The lowest BCUT2D eigenvalue weighted by Gasteiger charge is -2.34. The normalized spacial score (nSPS) is 36.2. The van der Waals surface area contributed by atoms with Crippen molar-refractivity contribution in [2.75, 3.05) is 11.5 Å². The summed E-state index contributed by atoms with van der Waals surface area (Å²) in [5.74, 6) is 4.61. The Bertz CT molecular complexity index is 183. The zero-order chi connectivity index (χ0) is 8.48. The van der Waals surface area contributed by atoms with Crippen LogP contribution in [0.15, 0.2) is 0 Å². The van der Waals surface area contributed by atoms with Crippen LogP contribution in [0.2, 0.25) is 0 Å². The quantitative estimate of drug-likeness (QED) is 0.328. The van der Waals surface area contributed by atoms with Crippen LogP contribution < -0.4 is 0 Å². The van der Waals surface area contributed by atoms with E-state index in [1.165, 1.54) is 10.8 Å². The Morgan fingerprint density at radius 3 is 2.82 bits per heavy atom. The van der Waals surface area contributed by atoms with Crippen LogP contribution in [0.1, 0.15) is 13.8 Å². The van der Waals surface area contributed by atoms with Gasteiger partial charge in [-0.1, -0.05) is 13.8 Å². The highest BCUT2D eigenvalue weighted by molar-refractivity contribution is 8.72. The van der Waals surface area contributed by atoms with E-state index in [2.05, 4.69) is 19.8 Å². The molecule has 1 fully saturated rings. The van der Waals surface area contributed by atoms with E-state index in [4.69, 9.17) is 6.42 Å². The molecule has 2 unspecified atom stereocenters. The molecule has 1 heterocycles. The van der Waals surface area contributed by atoms with Crippen molar-refractivity contribution in [2.45, 2.75) is 13.8 Å². The molecule has 3 heteroatoms. The van der Waals surface area contributed by atoms with E-state index in [1.54, 1.807) is 0 Å². The molecule has 62 valence electrons. The molecule has 0 aromatic heterocycles. The van der Waals surface area contributed by atoms with Crippen molar-refractivity contribution < 1.29 is 4.55 Å². The van der Waals surface area contributed by atoms with Gasteiger partial charge in [-0.05, 0) is 0 Å². The molecule has 0 bridgehead atoms. The molecule has 0 radical (unpaired) electrons. The van der Waals surface area contributed by atoms with Gasteiger partial charge >= 0.3 is 0 Å². The maximum absolute atomic E-state index is 11.1. The maximum Gasteiger partial charge on any atom is 0.124 e. The van der Waals surface area contributed by atoms with Gasteiger partial charge < -0.3 is 4.55 Å². The van der Waals surface area contributed by atoms with Crippen LogP contribution >= 0.6 is 10.8 Å². The summed E-state index contributed by atoms with van der Waals surface area (Å²) in [6.45, 7) is 4.18. The van der Waals surface area contributed by atoms with Gasteiger partial charge in [-0.3, -0.25) is 0 Å². The SMILES string of the molecule is C#CC1CS[S+]([O-])CC1(C)C. The van der Waals surface area contributed by atoms with Crippen LogP contribution in [0.4, 0.5) is 0 Å². The third-order valence-corrected chi connectivity index (χ3v) is 5.26. The minimum atomic E-state index is -0.711. The second-order valence-corrected chi connectivity index (χ2v) is 6.73. The summed E-state index contributed by atoms with van der Waals surface area (Å²) in [6, 6.07) is 0. The molecule has 0 aliphatic carbocycles. The lowest BCUT2D eigenvalue weighted by atomic mass is 9.82. The van der Waals surface area contributed by atoms with E-state index in [-0.39, 0.29) is 11.3 Å². The van der Waals surface area contributed by atoms with Gasteiger partial charge in [0, 0.05) is 21.5 Å². The molecular formula is C8H12OS2. The molecule has 0 aromatic carbocycles. The first-order valence-electron chi connectivity index (χ1n) is 3.54. The molecule has 2 atom stereocenters. The fraction of sp³-hybridized carbons (Fsp3) is 0.750. The first-order chi connectivity index (χ1) is 5.06. The van der Waals surface area contributed by atoms with Crippen molar-refractivity contribution in [2.24, 2.45) is 11.3 Å². The Balaban J connectivity index is 2.66. The van der Waals surface area contributed by atoms with Gasteiger partial charge in [-0.15, -0.1) is 12.3 Å². The zero-order valence-corrected chi connectivity index (χ0v) is 8.43. The Kier molecular flexibility index (Phi) is 2.79. The monoisotopic (exact) mass is 188 g/mol. The van der Waals surface area contributed by atoms with Gasteiger partial charge in [0.25, 0.3) is 0 Å². The second-order valence-electron chi connectivity index (χ2n) is 3.44. The molecular weight excluding hydrogens is 176 g/mol. The second kappa shape index (κ2) is 3.30. The van der Waals surface area contributed by atoms with Gasteiger partial charge in [0.1, 0.15) is 5.75 Å². The van der Waals surface area contributed by atoms with Crippen LogP contribution in [-0.2, 0) is 10.2 Å². The lowest BCUT2D eigenvalue weighted by Crippen LogP contribution is -2.36. The Morgan fingerprint density at radius 2 is 2.36 bits per heavy atom. The van der Waals surface area contributed by atoms with E-state index >= 15 is 0 Å². The third-order valence-electron chi connectivity index (χ3n) is 2.00. The molecule has 0 N–H and O–H groups in total. The predicted molar refractivity (Wildman–Crippen MR) is 51.6 cm³/mol. The standard InChI is InChI=1S/C8H12OS2/c1-4-7-5-10-11(9)6-8(7,2)3/h1,7H,5-6H2,2-3H3. The Morgan fingerprint density at radius 1 is 1.73 bits per heavy atom. The summed E-state index contributed by atoms with van der Waals surface area (Å²) in [6.07, 6.45) is 5.36. The van der Waals surface area contributed by atoms with Crippen molar-refractivity contribution >= 4 is 21.0 Å². The highest BCUT2D eigenvalue weighted by atomic mass is 33.1. The molecule has 0 saturated carbocycles. The zero-order valence-electron chi connectivity index (χ0n) is 6.79. The molecule has 11 heavy (non-hydrogen) atoms. The van der Waals surface area contributed by atoms with Crippen LogP contribution in [0.3, 0.4) is 0 Å². The summed E-state index contributed by atoms with van der Waals surface area (Å²) in [4.78, 5) is 0. The molecule has 1 aliphatic heterocycles. The van der Waals surface area contributed by atoms with Crippen molar-refractivity contribution in [3.63, 3.8) is 0 Å². The van der Waals surface area contributed by atoms with Gasteiger partial charge in [-0.2, -0.15) is 0 Å². The predicted octanol–water partition coefficient (Wildman–Crippen LogP) is 1.67. The van der Waals surface area contributed by atoms with Crippen molar-refractivity contribution in [1.82, 2.24) is 0 Å². The Hall–Kier alpha value is 0.220. The summed E-state index contributed by atoms with van der Waals surface area (Å²) in [7, 11) is 0.772. The smallest absolute Gasteiger partial charge is 0.124 e. The summed E-state index contributed by atoms with van der Waals surface area (Å²) in [5.41, 5.74) is 0.0604. The minimum Gasteiger partial charge on any atom is -0.605 e. The number of rotatable bonds is 0. The largest absolute Gasteiger partial charge is 0.605 e.